The van der Waals surface area contributed by atoms with Crippen molar-refractivity contribution < 1.29 is 0 Å². The second-order valence-corrected chi connectivity index (χ2v) is 2.66. The van der Waals surface area contributed by atoms with Gasteiger partial charge < -0.3 is 0 Å². The minimum Gasteiger partial charge on any atom is -0.103 e. The Morgan fingerprint density at radius 3 is 2.60 bits per heavy atom. The van der Waals surface area contributed by atoms with Gasteiger partial charge in [-0.25, -0.2) is 0 Å². The van der Waals surface area contributed by atoms with Gasteiger partial charge in [-0.15, -0.1) is 6.58 Å². The van der Waals surface area contributed by atoms with E-state index in [9.17, 15) is 0 Å². The quantitative estimate of drug-likeness (QED) is 0.372. The number of hydrogen-bond acceptors (Lipinski definition) is 0. The first kappa shape index (κ1) is 9.74. The molecule has 0 aliphatic rings. The van der Waals surface area contributed by atoms with Gasteiger partial charge in [0.25, 0.3) is 0 Å². The number of hydrogen-bond donors (Lipinski definition) is 0. The van der Waals surface area contributed by atoms with Crippen molar-refractivity contribution >= 4 is 0 Å². The van der Waals surface area contributed by atoms with Gasteiger partial charge in [0.15, 0.2) is 0 Å². The molecule has 10 heavy (non-hydrogen) atoms. The smallest absolute Gasteiger partial charge is 0.0322 e. The maximum Gasteiger partial charge on any atom is -0.0322 e. The van der Waals surface area contributed by atoms with Crippen LogP contribution in [0.2, 0.25) is 0 Å². The zero-order valence-electron chi connectivity index (χ0n) is 7.10. The van der Waals surface area contributed by atoms with Gasteiger partial charge >= 0.3 is 0 Å². The Hall–Kier alpha value is -0.260. The molecule has 0 nitrogen and oxygen atoms in total. The van der Waals surface area contributed by atoms with Gasteiger partial charge in [0, 0.05) is 0 Å². The van der Waals surface area contributed by atoms with Crippen molar-refractivity contribution in [1.29, 1.82) is 0 Å². The summed E-state index contributed by atoms with van der Waals surface area (Å²) in [5, 5.41) is 0. The minimum atomic E-state index is 1.08. The van der Waals surface area contributed by atoms with E-state index < -0.39 is 0 Å². The van der Waals surface area contributed by atoms with Gasteiger partial charge in [0.1, 0.15) is 0 Å². The van der Waals surface area contributed by atoms with E-state index in [0.717, 1.165) is 6.42 Å². The molecule has 0 aromatic heterocycles. The molecule has 0 atom stereocenters. The Kier molecular flexibility index (Phi) is 8.51. The topological polar surface area (TPSA) is 0 Å². The number of rotatable bonds is 7. The van der Waals surface area contributed by atoms with Crippen molar-refractivity contribution in [3.63, 3.8) is 0 Å². The summed E-state index contributed by atoms with van der Waals surface area (Å²) in [4.78, 5) is 0. The fourth-order valence-electron chi connectivity index (χ4n) is 0.951. The van der Waals surface area contributed by atoms with Gasteiger partial charge in [0.05, 0.1) is 0 Å². The van der Waals surface area contributed by atoms with Gasteiger partial charge in [-0.3, -0.25) is 0 Å². The molecule has 0 saturated heterocycles. The van der Waals surface area contributed by atoms with Crippen molar-refractivity contribution in [3.8, 4) is 0 Å². The molecule has 0 aromatic carbocycles. The highest BCUT2D eigenvalue weighted by Crippen LogP contribution is 2.05. The first-order valence-electron chi connectivity index (χ1n) is 4.34. The molecule has 0 unspecified atom stereocenters. The van der Waals surface area contributed by atoms with Crippen LogP contribution in [0.1, 0.15) is 45.4 Å². The summed E-state index contributed by atoms with van der Waals surface area (Å²) in [6, 6.07) is 0. The highest BCUT2D eigenvalue weighted by Gasteiger charge is 1.86. The van der Waals surface area contributed by atoms with Crippen molar-refractivity contribution in [3.05, 3.63) is 19.1 Å². The normalized spacial score (nSPS) is 9.70. The SMILES string of the molecule is C=CC[CH]CCCCCC. The van der Waals surface area contributed by atoms with Gasteiger partial charge in [-0.1, -0.05) is 38.7 Å². The van der Waals surface area contributed by atoms with Crippen molar-refractivity contribution in [2.24, 2.45) is 0 Å². The van der Waals surface area contributed by atoms with Crippen LogP contribution in [0.25, 0.3) is 0 Å². The molecule has 0 aromatic rings. The van der Waals surface area contributed by atoms with E-state index in [1.807, 2.05) is 6.08 Å². The van der Waals surface area contributed by atoms with Gasteiger partial charge in [-0.2, -0.15) is 0 Å². The molecule has 0 N–H and O–H groups in total. The number of allylic oxidation sites excluding steroid dienone is 1. The molecule has 0 saturated carbocycles. The fourth-order valence-corrected chi connectivity index (χ4v) is 0.951. The van der Waals surface area contributed by atoms with Gasteiger partial charge in [-0.05, 0) is 19.3 Å². The monoisotopic (exact) mass is 139 g/mol. The Labute approximate surface area is 65.3 Å². The number of unbranched alkanes of at least 4 members (excludes halogenated alkanes) is 6. The third-order valence-electron chi connectivity index (χ3n) is 1.60. The van der Waals surface area contributed by atoms with Crippen LogP contribution >= 0.6 is 0 Å². The molecule has 0 heteroatoms. The molecule has 0 bridgehead atoms. The summed E-state index contributed by atoms with van der Waals surface area (Å²) >= 11 is 0. The standard InChI is InChI=1S/C10H19/c1-3-5-7-9-10-8-6-4-2/h3,7H,1,4-6,8-10H2,2H3. The summed E-state index contributed by atoms with van der Waals surface area (Å²) in [5.74, 6) is 0. The zero-order chi connectivity index (χ0) is 7.66. The maximum absolute atomic E-state index is 3.66. The summed E-state index contributed by atoms with van der Waals surface area (Å²) < 4.78 is 0. The Morgan fingerprint density at radius 1 is 1.20 bits per heavy atom. The van der Waals surface area contributed by atoms with Crippen LogP contribution in [0, 0.1) is 6.42 Å². The summed E-state index contributed by atoms with van der Waals surface area (Å²) in [7, 11) is 0. The van der Waals surface area contributed by atoms with Crippen LogP contribution < -0.4 is 0 Å². The lowest BCUT2D eigenvalue weighted by atomic mass is 10.1. The second kappa shape index (κ2) is 8.74. The summed E-state index contributed by atoms with van der Waals surface area (Å²) in [6.45, 7) is 5.91. The predicted molar refractivity (Wildman–Crippen MR) is 47.9 cm³/mol. The van der Waals surface area contributed by atoms with E-state index in [1.165, 1.54) is 32.1 Å². The van der Waals surface area contributed by atoms with E-state index in [4.69, 9.17) is 0 Å². The van der Waals surface area contributed by atoms with E-state index >= 15 is 0 Å². The van der Waals surface area contributed by atoms with E-state index in [2.05, 4.69) is 19.9 Å². The molecule has 59 valence electrons. The Morgan fingerprint density at radius 2 is 2.00 bits per heavy atom. The third kappa shape index (κ3) is 7.74. The Balaban J connectivity index is 2.70. The lowest BCUT2D eigenvalue weighted by molar-refractivity contribution is 0.658. The van der Waals surface area contributed by atoms with Crippen LogP contribution in [0.5, 0.6) is 0 Å². The van der Waals surface area contributed by atoms with Crippen molar-refractivity contribution in [2.75, 3.05) is 0 Å². The fraction of sp³-hybridized carbons (Fsp3) is 0.700. The molecule has 0 aliphatic carbocycles. The van der Waals surface area contributed by atoms with Crippen LogP contribution in [-0.4, -0.2) is 0 Å². The molecule has 0 fully saturated rings. The lowest BCUT2D eigenvalue weighted by Crippen LogP contribution is -1.77. The van der Waals surface area contributed by atoms with Crippen LogP contribution in [0.15, 0.2) is 12.7 Å². The van der Waals surface area contributed by atoms with Crippen LogP contribution in [-0.2, 0) is 0 Å². The summed E-state index contributed by atoms with van der Waals surface area (Å²) in [5.41, 5.74) is 0. The maximum atomic E-state index is 3.66. The van der Waals surface area contributed by atoms with E-state index in [-0.39, 0.29) is 0 Å². The van der Waals surface area contributed by atoms with Crippen LogP contribution in [0.3, 0.4) is 0 Å². The molecule has 0 rings (SSSR count). The molecule has 0 aliphatic heterocycles. The molecule has 0 amide bonds. The predicted octanol–water partition coefficient (Wildman–Crippen LogP) is 3.74. The molecular formula is C10H19. The van der Waals surface area contributed by atoms with E-state index in [1.54, 1.807) is 0 Å². The molecular weight excluding hydrogens is 120 g/mol. The highest BCUT2D eigenvalue weighted by atomic mass is 13.9. The third-order valence-corrected chi connectivity index (χ3v) is 1.60. The molecule has 0 heterocycles. The zero-order valence-corrected chi connectivity index (χ0v) is 7.10. The Bertz CT molecular complexity index is 64.4. The van der Waals surface area contributed by atoms with Crippen molar-refractivity contribution in [1.82, 2.24) is 0 Å². The molecule has 1 radical (unpaired) electrons. The average molecular weight is 139 g/mol. The average Bonchev–Trinajstić information content (AvgIpc) is 1.97. The first-order valence-corrected chi connectivity index (χ1v) is 4.34. The molecule has 0 spiro atoms. The van der Waals surface area contributed by atoms with E-state index in [0.29, 0.717) is 0 Å². The lowest BCUT2D eigenvalue weighted by Gasteiger charge is -1.96. The van der Waals surface area contributed by atoms with Gasteiger partial charge in [0.2, 0.25) is 0 Å². The van der Waals surface area contributed by atoms with Crippen LogP contribution in [0.4, 0.5) is 0 Å². The largest absolute Gasteiger partial charge is 0.103 e. The first-order chi connectivity index (χ1) is 4.91. The highest BCUT2D eigenvalue weighted by molar-refractivity contribution is 4.77. The summed E-state index contributed by atoms with van der Waals surface area (Å²) in [6.07, 6.45) is 12.1. The second-order valence-electron chi connectivity index (χ2n) is 2.66. The van der Waals surface area contributed by atoms with Crippen molar-refractivity contribution in [2.45, 2.75) is 45.4 Å². The minimum absolute atomic E-state index is 1.08.